The number of amides is 2. The first-order chi connectivity index (χ1) is 13.1. The maximum atomic E-state index is 12.5. The van der Waals surface area contributed by atoms with Gasteiger partial charge in [0.05, 0.1) is 11.4 Å². The quantitative estimate of drug-likeness (QED) is 0.459. The summed E-state index contributed by atoms with van der Waals surface area (Å²) in [6.45, 7) is 7.47. The van der Waals surface area contributed by atoms with Crippen molar-refractivity contribution in [2.75, 3.05) is 28.6 Å². The van der Waals surface area contributed by atoms with Gasteiger partial charge in [0, 0.05) is 30.6 Å². The van der Waals surface area contributed by atoms with Crippen molar-refractivity contribution in [3.8, 4) is 0 Å². The standard InChI is InChI=1S/C22H34N2O2S/c1-4-6-8-9-10-11-15-24-20-16-19(23(18(3)25)14-7-5-2)12-13-21(20)27-17-22(24)26/h12-13,16H,4-11,14-15,17H2,1-3H3. The number of nitrogens with zero attached hydrogens (tertiary/aromatic N) is 2. The van der Waals surface area contributed by atoms with Crippen molar-refractivity contribution in [3.05, 3.63) is 18.2 Å². The molecule has 27 heavy (non-hydrogen) atoms. The first-order valence-electron chi connectivity index (χ1n) is 10.4. The summed E-state index contributed by atoms with van der Waals surface area (Å²) in [6.07, 6.45) is 9.31. The van der Waals surface area contributed by atoms with Crippen LogP contribution in [0.25, 0.3) is 0 Å². The van der Waals surface area contributed by atoms with E-state index in [0.717, 1.165) is 48.6 Å². The fourth-order valence-electron chi connectivity index (χ4n) is 3.44. The van der Waals surface area contributed by atoms with Crippen molar-refractivity contribution < 1.29 is 9.59 Å². The van der Waals surface area contributed by atoms with E-state index in [1.165, 1.54) is 32.1 Å². The monoisotopic (exact) mass is 390 g/mol. The number of hydrogen-bond acceptors (Lipinski definition) is 3. The van der Waals surface area contributed by atoms with Gasteiger partial charge in [0.2, 0.25) is 11.8 Å². The van der Waals surface area contributed by atoms with Gasteiger partial charge in [-0.05, 0) is 31.0 Å². The number of benzene rings is 1. The van der Waals surface area contributed by atoms with Crippen molar-refractivity contribution in [2.45, 2.75) is 77.0 Å². The second-order valence-corrected chi connectivity index (χ2v) is 8.30. The summed E-state index contributed by atoms with van der Waals surface area (Å²) in [4.78, 5) is 29.5. The van der Waals surface area contributed by atoms with E-state index in [-0.39, 0.29) is 11.8 Å². The maximum Gasteiger partial charge on any atom is 0.237 e. The van der Waals surface area contributed by atoms with Crippen LogP contribution in [0, 0.1) is 0 Å². The molecule has 1 aliphatic heterocycles. The van der Waals surface area contributed by atoms with Gasteiger partial charge in [-0.2, -0.15) is 0 Å². The zero-order valence-electron chi connectivity index (χ0n) is 17.1. The van der Waals surface area contributed by atoms with Crippen LogP contribution in [0.3, 0.4) is 0 Å². The molecule has 2 amide bonds. The molecule has 1 aromatic carbocycles. The Morgan fingerprint density at radius 2 is 1.78 bits per heavy atom. The van der Waals surface area contributed by atoms with Gasteiger partial charge in [-0.1, -0.05) is 52.4 Å². The van der Waals surface area contributed by atoms with Gasteiger partial charge in [-0.15, -0.1) is 11.8 Å². The van der Waals surface area contributed by atoms with Crippen molar-refractivity contribution in [1.82, 2.24) is 0 Å². The molecule has 0 fully saturated rings. The lowest BCUT2D eigenvalue weighted by Gasteiger charge is -2.31. The van der Waals surface area contributed by atoms with E-state index in [0.29, 0.717) is 5.75 Å². The molecule has 0 saturated carbocycles. The lowest BCUT2D eigenvalue weighted by molar-refractivity contribution is -0.117. The van der Waals surface area contributed by atoms with Crippen LogP contribution in [0.15, 0.2) is 23.1 Å². The highest BCUT2D eigenvalue weighted by Gasteiger charge is 2.25. The third kappa shape index (κ3) is 6.27. The number of anilines is 2. The van der Waals surface area contributed by atoms with E-state index in [1.54, 1.807) is 18.7 Å². The predicted molar refractivity (Wildman–Crippen MR) is 116 cm³/mol. The van der Waals surface area contributed by atoms with Crippen LogP contribution in [0.1, 0.15) is 72.1 Å². The fourth-order valence-corrected chi connectivity index (χ4v) is 4.35. The summed E-state index contributed by atoms with van der Waals surface area (Å²) in [6, 6.07) is 6.12. The van der Waals surface area contributed by atoms with Crippen LogP contribution in [0.5, 0.6) is 0 Å². The number of thioether (sulfide) groups is 1. The Bertz CT molecular complexity index is 633. The highest BCUT2D eigenvalue weighted by Crippen LogP contribution is 2.38. The molecule has 0 aromatic heterocycles. The smallest absolute Gasteiger partial charge is 0.237 e. The van der Waals surface area contributed by atoms with Crippen LogP contribution >= 0.6 is 11.8 Å². The molecule has 150 valence electrons. The van der Waals surface area contributed by atoms with Crippen molar-refractivity contribution in [3.63, 3.8) is 0 Å². The van der Waals surface area contributed by atoms with Gasteiger partial charge < -0.3 is 9.80 Å². The fraction of sp³-hybridized carbons (Fsp3) is 0.636. The highest BCUT2D eigenvalue weighted by molar-refractivity contribution is 8.00. The molecule has 0 bridgehead atoms. The molecule has 5 heteroatoms. The third-order valence-corrected chi connectivity index (χ3v) is 6.10. The normalized spacial score (nSPS) is 13.6. The average Bonchev–Trinajstić information content (AvgIpc) is 2.66. The summed E-state index contributed by atoms with van der Waals surface area (Å²) in [5.41, 5.74) is 1.88. The lowest BCUT2D eigenvalue weighted by Crippen LogP contribution is -2.36. The molecule has 0 atom stereocenters. The molecule has 0 saturated heterocycles. The van der Waals surface area contributed by atoms with Crippen LogP contribution in [0.4, 0.5) is 11.4 Å². The van der Waals surface area contributed by atoms with E-state index < -0.39 is 0 Å². The second-order valence-electron chi connectivity index (χ2n) is 7.28. The Kier molecular flexibility index (Phi) is 9.19. The molecule has 0 aliphatic carbocycles. The van der Waals surface area contributed by atoms with Gasteiger partial charge in [0.25, 0.3) is 0 Å². The molecule has 0 unspecified atom stereocenters. The van der Waals surface area contributed by atoms with Gasteiger partial charge in [0.15, 0.2) is 0 Å². The first-order valence-corrected chi connectivity index (χ1v) is 11.4. The van der Waals surface area contributed by atoms with E-state index in [2.05, 4.69) is 19.9 Å². The molecule has 1 heterocycles. The predicted octanol–water partition coefficient (Wildman–Crippen LogP) is 5.64. The summed E-state index contributed by atoms with van der Waals surface area (Å²) in [5, 5.41) is 0. The minimum atomic E-state index is 0.0562. The molecule has 0 radical (unpaired) electrons. The Hall–Kier alpha value is -1.49. The zero-order valence-corrected chi connectivity index (χ0v) is 17.9. The Morgan fingerprint density at radius 3 is 2.48 bits per heavy atom. The molecular weight excluding hydrogens is 356 g/mol. The van der Waals surface area contributed by atoms with Crippen molar-refractivity contribution in [2.24, 2.45) is 0 Å². The number of rotatable bonds is 11. The van der Waals surface area contributed by atoms with Gasteiger partial charge in [-0.3, -0.25) is 9.59 Å². The van der Waals surface area contributed by atoms with Gasteiger partial charge >= 0.3 is 0 Å². The first kappa shape index (κ1) is 21.8. The highest BCUT2D eigenvalue weighted by atomic mass is 32.2. The largest absolute Gasteiger partial charge is 0.313 e. The summed E-state index contributed by atoms with van der Waals surface area (Å²) >= 11 is 1.60. The molecular formula is C22H34N2O2S. The summed E-state index contributed by atoms with van der Waals surface area (Å²) < 4.78 is 0. The van der Waals surface area contributed by atoms with Crippen LogP contribution in [0.2, 0.25) is 0 Å². The minimum Gasteiger partial charge on any atom is -0.313 e. The number of carbonyl (C=O) groups excluding carboxylic acids is 2. The van der Waals surface area contributed by atoms with Crippen LogP contribution in [-0.2, 0) is 9.59 Å². The number of fused-ring (bicyclic) bond motifs is 1. The van der Waals surface area contributed by atoms with E-state index >= 15 is 0 Å². The van der Waals surface area contributed by atoms with E-state index in [1.807, 2.05) is 21.9 Å². The Morgan fingerprint density at radius 1 is 1.07 bits per heavy atom. The third-order valence-electron chi connectivity index (χ3n) is 5.05. The topological polar surface area (TPSA) is 40.6 Å². The Balaban J connectivity index is 2.11. The van der Waals surface area contributed by atoms with Crippen LogP contribution in [-0.4, -0.2) is 30.7 Å². The molecule has 4 nitrogen and oxygen atoms in total. The average molecular weight is 391 g/mol. The van der Waals surface area contributed by atoms with Gasteiger partial charge in [0.1, 0.15) is 0 Å². The summed E-state index contributed by atoms with van der Waals surface area (Å²) in [5.74, 6) is 0.746. The minimum absolute atomic E-state index is 0.0562. The Labute approximate surface area is 168 Å². The SMILES string of the molecule is CCCCCCCCN1C(=O)CSc2ccc(N(CCCC)C(C)=O)cc21. The second kappa shape index (κ2) is 11.4. The zero-order chi connectivity index (χ0) is 19.6. The summed E-state index contributed by atoms with van der Waals surface area (Å²) in [7, 11) is 0. The molecule has 0 spiro atoms. The van der Waals surface area contributed by atoms with Gasteiger partial charge in [-0.25, -0.2) is 0 Å². The molecule has 0 N–H and O–H groups in total. The van der Waals surface area contributed by atoms with Crippen molar-refractivity contribution in [1.29, 1.82) is 0 Å². The number of carbonyl (C=O) groups is 2. The van der Waals surface area contributed by atoms with E-state index in [9.17, 15) is 9.59 Å². The van der Waals surface area contributed by atoms with Crippen molar-refractivity contribution >= 4 is 35.0 Å². The molecule has 1 aromatic rings. The molecule has 2 rings (SSSR count). The number of hydrogen-bond donors (Lipinski definition) is 0. The maximum absolute atomic E-state index is 12.5. The van der Waals surface area contributed by atoms with E-state index in [4.69, 9.17) is 0 Å². The lowest BCUT2D eigenvalue weighted by atomic mass is 10.1. The molecule has 1 aliphatic rings. The number of unbranched alkanes of at least 4 members (excludes halogenated alkanes) is 6. The van der Waals surface area contributed by atoms with Crippen LogP contribution < -0.4 is 9.80 Å².